The van der Waals surface area contributed by atoms with E-state index in [1.165, 1.54) is 70.6 Å². The highest BCUT2D eigenvalue weighted by molar-refractivity contribution is 5.28. The van der Waals surface area contributed by atoms with Gasteiger partial charge in [0.25, 0.3) is 0 Å². The quantitative estimate of drug-likeness (QED) is 0.410. The van der Waals surface area contributed by atoms with Crippen LogP contribution in [0.5, 0.6) is 0 Å². The predicted octanol–water partition coefficient (Wildman–Crippen LogP) is 9.13. The van der Waals surface area contributed by atoms with Crippen LogP contribution in [-0.2, 0) is 0 Å². The van der Waals surface area contributed by atoms with E-state index in [0.29, 0.717) is 11.1 Å². The van der Waals surface area contributed by atoms with Crippen LogP contribution in [0.25, 0.3) is 0 Å². The number of benzene rings is 1. The molecule has 3 fully saturated rings. The van der Waals surface area contributed by atoms with Gasteiger partial charge in [0, 0.05) is 0 Å². The molecule has 0 bridgehead atoms. The third-order valence-corrected chi connectivity index (χ3v) is 9.13. The molecule has 0 atom stereocenters. The minimum Gasteiger partial charge on any atom is -0.203 e. The van der Waals surface area contributed by atoms with Crippen LogP contribution in [0.15, 0.2) is 24.3 Å². The van der Waals surface area contributed by atoms with E-state index in [1.807, 2.05) is 6.07 Å². The van der Waals surface area contributed by atoms with Gasteiger partial charge in [0.05, 0.1) is 0 Å². The molecule has 1 aromatic rings. The molecule has 31 heavy (non-hydrogen) atoms. The average Bonchev–Trinajstić information content (AvgIpc) is 2.82. The van der Waals surface area contributed by atoms with Crippen molar-refractivity contribution in [2.45, 2.75) is 103 Å². The van der Waals surface area contributed by atoms with E-state index in [2.05, 4.69) is 19.1 Å². The van der Waals surface area contributed by atoms with Crippen molar-refractivity contribution in [1.82, 2.24) is 0 Å². The fourth-order valence-electron chi connectivity index (χ4n) is 7.10. The van der Waals surface area contributed by atoms with Gasteiger partial charge in [-0.05, 0) is 137 Å². The summed E-state index contributed by atoms with van der Waals surface area (Å²) in [5, 5.41) is 0. The Morgan fingerprint density at radius 1 is 0.710 bits per heavy atom. The van der Waals surface area contributed by atoms with E-state index in [9.17, 15) is 8.78 Å². The highest BCUT2D eigenvalue weighted by Gasteiger charge is 2.35. The zero-order valence-corrected chi connectivity index (χ0v) is 19.7. The number of allylic oxidation sites excluding steroid dienone is 2. The molecule has 0 aliphatic heterocycles. The smallest absolute Gasteiger partial charge is 0.162 e. The second-order valence-corrected chi connectivity index (χ2v) is 10.9. The molecule has 0 spiro atoms. The summed E-state index contributed by atoms with van der Waals surface area (Å²) < 4.78 is 28.4. The molecule has 0 unspecified atom stereocenters. The van der Waals surface area contributed by atoms with Gasteiger partial charge < -0.3 is 0 Å². The van der Waals surface area contributed by atoms with Crippen LogP contribution in [0.4, 0.5) is 8.78 Å². The minimum atomic E-state index is -0.645. The lowest BCUT2D eigenvalue weighted by atomic mass is 9.64. The maximum absolute atomic E-state index is 14.4. The van der Waals surface area contributed by atoms with Crippen LogP contribution in [0.2, 0.25) is 0 Å². The predicted molar refractivity (Wildman–Crippen MR) is 126 cm³/mol. The maximum Gasteiger partial charge on any atom is 0.162 e. The largest absolute Gasteiger partial charge is 0.203 e. The zero-order valence-electron chi connectivity index (χ0n) is 19.7. The van der Waals surface area contributed by atoms with Crippen LogP contribution in [0.3, 0.4) is 0 Å². The van der Waals surface area contributed by atoms with E-state index in [1.54, 1.807) is 13.0 Å². The molecule has 0 heterocycles. The average molecular weight is 429 g/mol. The lowest BCUT2D eigenvalue weighted by Gasteiger charge is -2.41. The van der Waals surface area contributed by atoms with Crippen LogP contribution in [0, 0.1) is 48.1 Å². The van der Waals surface area contributed by atoms with Gasteiger partial charge in [0.2, 0.25) is 0 Å². The van der Waals surface area contributed by atoms with E-state index < -0.39 is 11.6 Å². The summed E-state index contributed by atoms with van der Waals surface area (Å²) in [5.41, 5.74) is 1.03. The molecule has 0 saturated heterocycles. The summed E-state index contributed by atoms with van der Waals surface area (Å²) in [6.07, 6.45) is 21.8. The van der Waals surface area contributed by atoms with E-state index in [0.717, 1.165) is 42.4 Å². The number of hydrogen-bond donors (Lipinski definition) is 0. The molecular formula is C29H42F2. The standard InChI is InChI=1S/C29H42F2/c1-3-4-5-21-7-9-22(10-8-21)23-11-13-24(14-12-23)25-15-17-26(18-16-25)27-19-6-20(2)28(30)29(27)31/h4-6,19,21-26H,3,7-18H2,1-2H3/b5-4+. The van der Waals surface area contributed by atoms with E-state index >= 15 is 0 Å². The van der Waals surface area contributed by atoms with Crippen LogP contribution < -0.4 is 0 Å². The molecule has 172 valence electrons. The van der Waals surface area contributed by atoms with Crippen LogP contribution in [-0.4, -0.2) is 0 Å². The van der Waals surface area contributed by atoms with Crippen molar-refractivity contribution in [3.63, 3.8) is 0 Å². The van der Waals surface area contributed by atoms with E-state index in [4.69, 9.17) is 0 Å². The van der Waals surface area contributed by atoms with E-state index in [-0.39, 0.29) is 5.92 Å². The van der Waals surface area contributed by atoms with Gasteiger partial charge in [0.1, 0.15) is 0 Å². The molecular weight excluding hydrogens is 386 g/mol. The minimum absolute atomic E-state index is 0.208. The third kappa shape index (κ3) is 5.42. The molecule has 0 N–H and O–H groups in total. The Balaban J connectivity index is 1.22. The fourth-order valence-corrected chi connectivity index (χ4v) is 7.10. The highest BCUT2D eigenvalue weighted by Crippen LogP contribution is 2.47. The first-order chi connectivity index (χ1) is 15.1. The highest BCUT2D eigenvalue weighted by atomic mass is 19.2. The Morgan fingerprint density at radius 2 is 1.19 bits per heavy atom. The van der Waals surface area contributed by atoms with Crippen LogP contribution in [0.1, 0.15) is 107 Å². The Labute approximate surface area is 188 Å². The van der Waals surface area contributed by atoms with Crippen molar-refractivity contribution in [2.75, 3.05) is 0 Å². The molecule has 1 aromatic carbocycles. The summed E-state index contributed by atoms with van der Waals surface area (Å²) in [5.74, 6) is 3.44. The molecule has 0 amide bonds. The van der Waals surface area contributed by atoms with Gasteiger partial charge in [-0.25, -0.2) is 8.78 Å². The first kappa shape index (κ1) is 23.0. The fraction of sp³-hybridized carbons (Fsp3) is 0.724. The van der Waals surface area contributed by atoms with Crippen LogP contribution >= 0.6 is 0 Å². The van der Waals surface area contributed by atoms with Crippen molar-refractivity contribution in [2.24, 2.45) is 29.6 Å². The van der Waals surface area contributed by atoms with Gasteiger partial charge in [-0.1, -0.05) is 31.2 Å². The number of halogens is 2. The monoisotopic (exact) mass is 428 g/mol. The molecule has 0 aromatic heterocycles. The summed E-state index contributed by atoms with van der Waals surface area (Å²) in [4.78, 5) is 0. The maximum atomic E-state index is 14.4. The Kier molecular flexibility index (Phi) is 7.88. The summed E-state index contributed by atoms with van der Waals surface area (Å²) in [7, 11) is 0. The topological polar surface area (TPSA) is 0 Å². The van der Waals surface area contributed by atoms with Gasteiger partial charge in [-0.3, -0.25) is 0 Å². The normalized spacial score (nSPS) is 34.8. The zero-order chi connectivity index (χ0) is 21.8. The SMILES string of the molecule is CC/C=C/C1CCC(C2CCC(C3CCC(c4ccc(C)c(F)c4F)CC3)CC2)CC1. The summed E-state index contributed by atoms with van der Waals surface area (Å²) >= 11 is 0. The molecule has 2 heteroatoms. The second-order valence-electron chi connectivity index (χ2n) is 10.9. The molecule has 3 aliphatic rings. The third-order valence-electron chi connectivity index (χ3n) is 9.13. The van der Waals surface area contributed by atoms with Crippen molar-refractivity contribution in [3.8, 4) is 0 Å². The molecule has 4 rings (SSSR count). The van der Waals surface area contributed by atoms with Crippen molar-refractivity contribution >= 4 is 0 Å². The lowest BCUT2D eigenvalue weighted by Crippen LogP contribution is -2.29. The molecule has 3 aliphatic carbocycles. The first-order valence-electron chi connectivity index (χ1n) is 13.2. The summed E-state index contributed by atoms with van der Waals surface area (Å²) in [6, 6.07) is 3.57. The van der Waals surface area contributed by atoms with Crippen molar-refractivity contribution in [1.29, 1.82) is 0 Å². The van der Waals surface area contributed by atoms with Crippen molar-refractivity contribution in [3.05, 3.63) is 47.0 Å². The Hall–Kier alpha value is -1.18. The van der Waals surface area contributed by atoms with Gasteiger partial charge in [-0.2, -0.15) is 0 Å². The number of hydrogen-bond acceptors (Lipinski definition) is 0. The molecule has 3 saturated carbocycles. The lowest BCUT2D eigenvalue weighted by molar-refractivity contribution is 0.114. The Bertz CT molecular complexity index is 727. The Morgan fingerprint density at radius 3 is 1.71 bits per heavy atom. The van der Waals surface area contributed by atoms with Crippen molar-refractivity contribution < 1.29 is 8.78 Å². The van der Waals surface area contributed by atoms with Gasteiger partial charge in [-0.15, -0.1) is 0 Å². The summed E-state index contributed by atoms with van der Waals surface area (Å²) in [6.45, 7) is 3.87. The number of rotatable bonds is 5. The second kappa shape index (κ2) is 10.6. The molecule has 0 radical (unpaired) electrons. The van der Waals surface area contributed by atoms with Gasteiger partial charge >= 0.3 is 0 Å². The van der Waals surface area contributed by atoms with Gasteiger partial charge in [0.15, 0.2) is 11.6 Å². The molecule has 0 nitrogen and oxygen atoms in total. The first-order valence-corrected chi connectivity index (χ1v) is 13.2. The number of aryl methyl sites for hydroxylation is 1.